The summed E-state index contributed by atoms with van der Waals surface area (Å²) in [6.45, 7) is 5.49. The average molecular weight is 353 g/mol. The second-order valence-electron chi connectivity index (χ2n) is 6.93. The van der Waals surface area contributed by atoms with Crippen LogP contribution in [-0.4, -0.2) is 31.7 Å². The zero-order valence-corrected chi connectivity index (χ0v) is 15.2. The van der Waals surface area contributed by atoms with Gasteiger partial charge in [-0.3, -0.25) is 4.90 Å². The van der Waals surface area contributed by atoms with Crippen LogP contribution in [-0.2, 0) is 13.0 Å². The Bertz CT molecular complexity index is 855. The summed E-state index contributed by atoms with van der Waals surface area (Å²) in [4.78, 5) is 11.3. The van der Waals surface area contributed by atoms with E-state index in [9.17, 15) is 0 Å². The van der Waals surface area contributed by atoms with E-state index in [4.69, 9.17) is 9.05 Å². The first-order chi connectivity index (χ1) is 12.7. The minimum Gasteiger partial charge on any atom is -0.338 e. The SMILES string of the molecule is Cc1ccc(Cc2noc(CN3CCCCC3c3nc(C)no3)n2)cc1. The molecule has 1 aliphatic heterocycles. The fraction of sp³-hybridized carbons (Fsp3) is 0.474. The van der Waals surface area contributed by atoms with Crippen LogP contribution in [0.4, 0.5) is 0 Å². The van der Waals surface area contributed by atoms with E-state index in [0.717, 1.165) is 25.8 Å². The van der Waals surface area contributed by atoms with Gasteiger partial charge < -0.3 is 9.05 Å². The van der Waals surface area contributed by atoms with Crippen LogP contribution < -0.4 is 0 Å². The Kier molecular flexibility index (Phi) is 4.79. The van der Waals surface area contributed by atoms with Crippen molar-refractivity contribution in [2.45, 2.75) is 52.1 Å². The van der Waals surface area contributed by atoms with Crippen molar-refractivity contribution in [1.82, 2.24) is 25.2 Å². The van der Waals surface area contributed by atoms with Gasteiger partial charge in [-0.2, -0.15) is 9.97 Å². The number of rotatable bonds is 5. The molecule has 0 radical (unpaired) electrons. The van der Waals surface area contributed by atoms with Gasteiger partial charge >= 0.3 is 0 Å². The molecule has 1 aliphatic rings. The summed E-state index contributed by atoms with van der Waals surface area (Å²) in [6.07, 6.45) is 3.99. The molecule has 4 rings (SSSR count). The Morgan fingerprint density at radius 1 is 1.04 bits per heavy atom. The molecular formula is C19H23N5O2. The Morgan fingerprint density at radius 3 is 2.65 bits per heavy atom. The zero-order chi connectivity index (χ0) is 17.9. The normalized spacial score (nSPS) is 18.3. The van der Waals surface area contributed by atoms with Gasteiger partial charge in [0.15, 0.2) is 11.6 Å². The molecule has 1 unspecified atom stereocenters. The van der Waals surface area contributed by atoms with Crippen LogP contribution >= 0.6 is 0 Å². The van der Waals surface area contributed by atoms with Gasteiger partial charge in [-0.15, -0.1) is 0 Å². The lowest BCUT2D eigenvalue weighted by atomic mass is 10.0. The highest BCUT2D eigenvalue weighted by Crippen LogP contribution is 2.31. The summed E-state index contributed by atoms with van der Waals surface area (Å²) < 4.78 is 10.9. The molecule has 1 aromatic carbocycles. The van der Waals surface area contributed by atoms with Crippen LogP contribution in [0, 0.1) is 13.8 Å². The van der Waals surface area contributed by atoms with Crippen molar-refractivity contribution < 1.29 is 9.05 Å². The third-order valence-electron chi connectivity index (χ3n) is 4.77. The standard InChI is InChI=1S/C19H23N5O2/c1-13-6-8-15(9-7-13)11-17-21-18(25-23-17)12-24-10-4-3-5-16(24)19-20-14(2)22-26-19/h6-9,16H,3-5,10-12H2,1-2H3. The number of nitrogens with zero attached hydrogens (tertiary/aromatic N) is 5. The van der Waals surface area contributed by atoms with E-state index in [0.29, 0.717) is 36.4 Å². The first kappa shape index (κ1) is 16.9. The van der Waals surface area contributed by atoms with Crippen molar-refractivity contribution in [3.63, 3.8) is 0 Å². The molecular weight excluding hydrogens is 330 g/mol. The summed E-state index contributed by atoms with van der Waals surface area (Å²) in [5, 5.41) is 8.06. The second kappa shape index (κ2) is 7.37. The highest BCUT2D eigenvalue weighted by atomic mass is 16.5. The van der Waals surface area contributed by atoms with Crippen LogP contribution in [0.1, 0.15) is 59.9 Å². The van der Waals surface area contributed by atoms with Gasteiger partial charge in [0.1, 0.15) is 0 Å². The molecule has 7 heteroatoms. The number of hydrogen-bond donors (Lipinski definition) is 0. The molecule has 3 aromatic rings. The molecule has 2 aromatic heterocycles. The minimum atomic E-state index is 0.123. The summed E-state index contributed by atoms with van der Waals surface area (Å²) in [6, 6.07) is 8.52. The van der Waals surface area contributed by atoms with Crippen LogP contribution in [0.3, 0.4) is 0 Å². The Morgan fingerprint density at radius 2 is 1.88 bits per heavy atom. The van der Waals surface area contributed by atoms with Gasteiger partial charge in [0.2, 0.25) is 11.8 Å². The monoisotopic (exact) mass is 353 g/mol. The van der Waals surface area contributed by atoms with Crippen LogP contribution in [0.2, 0.25) is 0 Å². The molecule has 0 saturated carbocycles. The number of aryl methyl sites for hydroxylation is 2. The Labute approximate surface area is 152 Å². The lowest BCUT2D eigenvalue weighted by Crippen LogP contribution is -2.33. The number of benzene rings is 1. The number of likely N-dealkylation sites (tertiary alicyclic amines) is 1. The van der Waals surface area contributed by atoms with Crippen molar-refractivity contribution in [1.29, 1.82) is 0 Å². The summed E-state index contributed by atoms with van der Waals surface area (Å²) in [5.41, 5.74) is 2.43. The topological polar surface area (TPSA) is 81.1 Å². The van der Waals surface area contributed by atoms with Crippen LogP contribution in [0.5, 0.6) is 0 Å². The van der Waals surface area contributed by atoms with E-state index in [1.807, 2.05) is 6.92 Å². The Balaban J connectivity index is 1.44. The summed E-state index contributed by atoms with van der Waals surface area (Å²) in [5.74, 6) is 2.70. The fourth-order valence-corrected chi connectivity index (χ4v) is 3.40. The highest BCUT2D eigenvalue weighted by Gasteiger charge is 2.29. The maximum atomic E-state index is 5.48. The molecule has 0 amide bonds. The maximum Gasteiger partial charge on any atom is 0.243 e. The smallest absolute Gasteiger partial charge is 0.243 e. The van der Waals surface area contributed by atoms with Crippen molar-refractivity contribution in [2.75, 3.05) is 6.54 Å². The number of piperidine rings is 1. The highest BCUT2D eigenvalue weighted by molar-refractivity contribution is 5.23. The quantitative estimate of drug-likeness (QED) is 0.695. The third-order valence-corrected chi connectivity index (χ3v) is 4.77. The van der Waals surface area contributed by atoms with Gasteiger partial charge in [-0.1, -0.05) is 46.6 Å². The van der Waals surface area contributed by atoms with E-state index in [1.54, 1.807) is 0 Å². The van der Waals surface area contributed by atoms with E-state index < -0.39 is 0 Å². The predicted octanol–water partition coefficient (Wildman–Crippen LogP) is 3.39. The molecule has 0 spiro atoms. The number of hydrogen-bond acceptors (Lipinski definition) is 7. The van der Waals surface area contributed by atoms with Crippen LogP contribution in [0.15, 0.2) is 33.3 Å². The van der Waals surface area contributed by atoms with Crippen LogP contribution in [0.25, 0.3) is 0 Å². The van der Waals surface area contributed by atoms with E-state index in [1.165, 1.54) is 11.1 Å². The molecule has 1 atom stereocenters. The average Bonchev–Trinajstić information content (AvgIpc) is 3.26. The van der Waals surface area contributed by atoms with Gasteiger partial charge in [0.05, 0.1) is 12.6 Å². The van der Waals surface area contributed by atoms with Crippen molar-refractivity contribution in [3.8, 4) is 0 Å². The Hall–Kier alpha value is -2.54. The van der Waals surface area contributed by atoms with E-state index >= 15 is 0 Å². The summed E-state index contributed by atoms with van der Waals surface area (Å²) in [7, 11) is 0. The first-order valence-electron chi connectivity index (χ1n) is 9.08. The molecule has 136 valence electrons. The van der Waals surface area contributed by atoms with Gasteiger partial charge in [-0.25, -0.2) is 0 Å². The third kappa shape index (κ3) is 3.83. The first-order valence-corrected chi connectivity index (χ1v) is 9.08. The molecule has 1 saturated heterocycles. The molecule has 7 nitrogen and oxygen atoms in total. The van der Waals surface area contributed by atoms with E-state index in [2.05, 4.69) is 56.4 Å². The van der Waals surface area contributed by atoms with E-state index in [-0.39, 0.29) is 6.04 Å². The molecule has 26 heavy (non-hydrogen) atoms. The predicted molar refractivity (Wildman–Crippen MR) is 94.3 cm³/mol. The second-order valence-corrected chi connectivity index (χ2v) is 6.93. The molecule has 1 fully saturated rings. The van der Waals surface area contributed by atoms with Crippen molar-refractivity contribution in [2.24, 2.45) is 0 Å². The lowest BCUT2D eigenvalue weighted by Gasteiger charge is -2.31. The molecule has 0 N–H and O–H groups in total. The maximum absolute atomic E-state index is 5.48. The lowest BCUT2D eigenvalue weighted by molar-refractivity contribution is 0.0985. The molecule has 3 heterocycles. The van der Waals surface area contributed by atoms with Gasteiger partial charge in [-0.05, 0) is 38.8 Å². The van der Waals surface area contributed by atoms with Gasteiger partial charge in [0, 0.05) is 6.42 Å². The zero-order valence-electron chi connectivity index (χ0n) is 15.2. The summed E-state index contributed by atoms with van der Waals surface area (Å²) >= 11 is 0. The number of aromatic nitrogens is 4. The molecule has 0 aliphatic carbocycles. The minimum absolute atomic E-state index is 0.123. The largest absolute Gasteiger partial charge is 0.338 e. The fourth-order valence-electron chi connectivity index (χ4n) is 3.40. The van der Waals surface area contributed by atoms with Gasteiger partial charge in [0.25, 0.3) is 0 Å². The molecule has 0 bridgehead atoms. The van der Waals surface area contributed by atoms with Crippen molar-refractivity contribution in [3.05, 3.63) is 58.8 Å². The van der Waals surface area contributed by atoms with Crippen molar-refractivity contribution >= 4 is 0 Å².